The van der Waals surface area contributed by atoms with E-state index in [0.29, 0.717) is 6.04 Å². The van der Waals surface area contributed by atoms with Crippen molar-refractivity contribution in [3.63, 3.8) is 0 Å². The van der Waals surface area contributed by atoms with Crippen LogP contribution in [0.25, 0.3) is 0 Å². The lowest BCUT2D eigenvalue weighted by Crippen LogP contribution is -2.34. The predicted octanol–water partition coefficient (Wildman–Crippen LogP) is 4.65. The van der Waals surface area contributed by atoms with E-state index in [1.165, 1.54) is 42.4 Å². The number of aryl methyl sites for hydroxylation is 3. The van der Waals surface area contributed by atoms with Crippen LogP contribution < -0.4 is 5.32 Å². The standard InChI is InChI=1S/C18H31N/c1-6-12-19-18(14(2)3)9-7-8-17-11-10-15(4)16(5)13-17/h10-11,13-14,18-19H,6-9,12H2,1-5H3. The van der Waals surface area contributed by atoms with Crippen LogP contribution in [-0.2, 0) is 6.42 Å². The highest BCUT2D eigenvalue weighted by Gasteiger charge is 2.11. The fourth-order valence-electron chi connectivity index (χ4n) is 2.49. The molecule has 0 aliphatic rings. The Kier molecular flexibility index (Phi) is 7.15. The van der Waals surface area contributed by atoms with Crippen molar-refractivity contribution in [2.24, 2.45) is 5.92 Å². The van der Waals surface area contributed by atoms with Crippen LogP contribution in [0.4, 0.5) is 0 Å². The third-order valence-corrected chi connectivity index (χ3v) is 4.01. The number of benzene rings is 1. The van der Waals surface area contributed by atoms with E-state index in [4.69, 9.17) is 0 Å². The smallest absolute Gasteiger partial charge is 0.00901 e. The summed E-state index contributed by atoms with van der Waals surface area (Å²) in [5, 5.41) is 3.68. The first kappa shape index (κ1) is 16.2. The molecule has 0 saturated carbocycles. The Morgan fingerprint density at radius 2 is 1.84 bits per heavy atom. The van der Waals surface area contributed by atoms with Crippen LogP contribution in [0, 0.1) is 19.8 Å². The molecule has 0 saturated heterocycles. The van der Waals surface area contributed by atoms with Gasteiger partial charge in [0.1, 0.15) is 0 Å². The highest BCUT2D eigenvalue weighted by molar-refractivity contribution is 5.29. The second-order valence-electron chi connectivity index (χ2n) is 6.12. The summed E-state index contributed by atoms with van der Waals surface area (Å²) in [5.74, 6) is 0.728. The van der Waals surface area contributed by atoms with E-state index >= 15 is 0 Å². The van der Waals surface area contributed by atoms with Gasteiger partial charge < -0.3 is 5.32 Å². The predicted molar refractivity (Wildman–Crippen MR) is 85.8 cm³/mol. The van der Waals surface area contributed by atoms with Crippen molar-refractivity contribution in [3.8, 4) is 0 Å². The molecule has 0 aromatic heterocycles. The zero-order chi connectivity index (χ0) is 14.3. The van der Waals surface area contributed by atoms with Crippen LogP contribution in [0.5, 0.6) is 0 Å². The highest BCUT2D eigenvalue weighted by Crippen LogP contribution is 2.15. The molecule has 0 heterocycles. The molecule has 19 heavy (non-hydrogen) atoms. The molecule has 0 amide bonds. The van der Waals surface area contributed by atoms with Crippen molar-refractivity contribution in [2.75, 3.05) is 6.54 Å². The molecule has 0 fully saturated rings. The van der Waals surface area contributed by atoms with E-state index in [1.807, 2.05) is 0 Å². The Hall–Kier alpha value is -0.820. The first-order valence-electron chi connectivity index (χ1n) is 7.84. The van der Waals surface area contributed by atoms with E-state index in [0.717, 1.165) is 12.5 Å². The Bertz CT molecular complexity index is 368. The average Bonchev–Trinajstić information content (AvgIpc) is 2.37. The fraction of sp³-hybridized carbons (Fsp3) is 0.667. The van der Waals surface area contributed by atoms with Gasteiger partial charge in [0.2, 0.25) is 0 Å². The summed E-state index contributed by atoms with van der Waals surface area (Å²) in [6.07, 6.45) is 4.99. The van der Waals surface area contributed by atoms with Crippen LogP contribution in [0.15, 0.2) is 18.2 Å². The Morgan fingerprint density at radius 1 is 1.11 bits per heavy atom. The van der Waals surface area contributed by atoms with Crippen LogP contribution >= 0.6 is 0 Å². The molecule has 1 aromatic carbocycles. The maximum atomic E-state index is 3.68. The third kappa shape index (κ3) is 5.78. The van der Waals surface area contributed by atoms with E-state index in [1.54, 1.807) is 0 Å². The molecule has 1 unspecified atom stereocenters. The van der Waals surface area contributed by atoms with Gasteiger partial charge in [-0.1, -0.05) is 39.0 Å². The summed E-state index contributed by atoms with van der Waals surface area (Å²) in [6.45, 7) is 12.4. The molecular weight excluding hydrogens is 230 g/mol. The van der Waals surface area contributed by atoms with Gasteiger partial charge in [-0.15, -0.1) is 0 Å². The Labute approximate surface area is 119 Å². The number of rotatable bonds is 8. The maximum absolute atomic E-state index is 3.68. The molecule has 0 aliphatic carbocycles. The molecule has 0 aliphatic heterocycles. The van der Waals surface area contributed by atoms with Crippen molar-refractivity contribution < 1.29 is 0 Å². The summed E-state index contributed by atoms with van der Waals surface area (Å²) in [6, 6.07) is 7.55. The first-order chi connectivity index (χ1) is 9.04. The summed E-state index contributed by atoms with van der Waals surface area (Å²) < 4.78 is 0. The lowest BCUT2D eigenvalue weighted by molar-refractivity contribution is 0.370. The summed E-state index contributed by atoms with van der Waals surface area (Å²) in [7, 11) is 0. The van der Waals surface area contributed by atoms with Gasteiger partial charge in [0.15, 0.2) is 0 Å². The van der Waals surface area contributed by atoms with Crippen LogP contribution in [0.1, 0.15) is 56.7 Å². The molecule has 0 radical (unpaired) electrons. The normalized spacial score (nSPS) is 12.9. The van der Waals surface area contributed by atoms with Crippen molar-refractivity contribution >= 4 is 0 Å². The molecule has 1 nitrogen and oxygen atoms in total. The third-order valence-electron chi connectivity index (χ3n) is 4.01. The molecule has 1 rings (SSSR count). The second kappa shape index (κ2) is 8.37. The van der Waals surface area contributed by atoms with Gasteiger partial charge in [-0.05, 0) is 68.7 Å². The second-order valence-corrected chi connectivity index (χ2v) is 6.12. The van der Waals surface area contributed by atoms with Gasteiger partial charge in [0.25, 0.3) is 0 Å². The minimum Gasteiger partial charge on any atom is -0.314 e. The molecular formula is C18H31N. The Balaban J connectivity index is 2.40. The van der Waals surface area contributed by atoms with Gasteiger partial charge >= 0.3 is 0 Å². The van der Waals surface area contributed by atoms with Gasteiger partial charge in [-0.3, -0.25) is 0 Å². The van der Waals surface area contributed by atoms with E-state index in [9.17, 15) is 0 Å². The van der Waals surface area contributed by atoms with Crippen molar-refractivity contribution in [3.05, 3.63) is 34.9 Å². The number of hydrogen-bond acceptors (Lipinski definition) is 1. The highest BCUT2D eigenvalue weighted by atomic mass is 14.9. The maximum Gasteiger partial charge on any atom is 0.00901 e. The summed E-state index contributed by atoms with van der Waals surface area (Å²) in [4.78, 5) is 0. The number of hydrogen-bond donors (Lipinski definition) is 1. The minimum atomic E-state index is 0.673. The lowest BCUT2D eigenvalue weighted by Gasteiger charge is -2.22. The molecule has 1 aromatic rings. The lowest BCUT2D eigenvalue weighted by atomic mass is 9.95. The van der Waals surface area contributed by atoms with Crippen molar-refractivity contribution in [1.82, 2.24) is 5.32 Å². The van der Waals surface area contributed by atoms with Crippen LogP contribution in [-0.4, -0.2) is 12.6 Å². The molecule has 1 atom stereocenters. The van der Waals surface area contributed by atoms with Crippen molar-refractivity contribution in [1.29, 1.82) is 0 Å². The van der Waals surface area contributed by atoms with E-state index in [2.05, 4.69) is 58.1 Å². The average molecular weight is 261 g/mol. The number of nitrogens with one attached hydrogen (secondary N) is 1. The molecule has 1 heteroatoms. The van der Waals surface area contributed by atoms with E-state index < -0.39 is 0 Å². The Morgan fingerprint density at radius 3 is 2.42 bits per heavy atom. The molecule has 0 bridgehead atoms. The van der Waals surface area contributed by atoms with Gasteiger partial charge in [-0.2, -0.15) is 0 Å². The van der Waals surface area contributed by atoms with Crippen LogP contribution in [0.3, 0.4) is 0 Å². The minimum absolute atomic E-state index is 0.673. The zero-order valence-corrected chi connectivity index (χ0v) is 13.4. The van der Waals surface area contributed by atoms with Gasteiger partial charge in [0, 0.05) is 6.04 Å². The summed E-state index contributed by atoms with van der Waals surface area (Å²) >= 11 is 0. The first-order valence-corrected chi connectivity index (χ1v) is 7.84. The van der Waals surface area contributed by atoms with Gasteiger partial charge in [-0.25, -0.2) is 0 Å². The molecule has 108 valence electrons. The fourth-order valence-corrected chi connectivity index (χ4v) is 2.49. The zero-order valence-electron chi connectivity index (χ0n) is 13.4. The van der Waals surface area contributed by atoms with E-state index in [-0.39, 0.29) is 0 Å². The summed E-state index contributed by atoms with van der Waals surface area (Å²) in [5.41, 5.74) is 4.30. The largest absolute Gasteiger partial charge is 0.314 e. The SMILES string of the molecule is CCCNC(CCCc1ccc(C)c(C)c1)C(C)C. The monoisotopic (exact) mass is 261 g/mol. The molecule has 0 spiro atoms. The van der Waals surface area contributed by atoms with Gasteiger partial charge in [0.05, 0.1) is 0 Å². The van der Waals surface area contributed by atoms with Crippen LogP contribution in [0.2, 0.25) is 0 Å². The quantitative estimate of drug-likeness (QED) is 0.718. The molecule has 1 N–H and O–H groups in total. The topological polar surface area (TPSA) is 12.0 Å². The van der Waals surface area contributed by atoms with Crippen molar-refractivity contribution in [2.45, 2.75) is 66.3 Å².